The molecule has 2 aliphatic rings. The van der Waals surface area contributed by atoms with Gasteiger partial charge in [-0.15, -0.1) is 0 Å². The molecule has 1 heterocycles. The first kappa shape index (κ1) is 15.1. The fourth-order valence-corrected chi connectivity index (χ4v) is 2.57. The van der Waals surface area contributed by atoms with Crippen LogP contribution in [0.25, 0.3) is 0 Å². The molecule has 1 saturated carbocycles. The molecule has 1 aliphatic carbocycles. The summed E-state index contributed by atoms with van der Waals surface area (Å²) in [5.41, 5.74) is 0. The zero-order valence-corrected chi connectivity index (χ0v) is 12.3. The van der Waals surface area contributed by atoms with Gasteiger partial charge in [-0.3, -0.25) is 9.69 Å². The Bertz CT molecular complexity index is 350. The highest BCUT2D eigenvalue weighted by molar-refractivity contribution is 5.74. The molecule has 0 aromatic carbocycles. The van der Waals surface area contributed by atoms with Crippen molar-refractivity contribution in [3.63, 3.8) is 0 Å². The highest BCUT2D eigenvalue weighted by atomic mass is 16.4. The van der Waals surface area contributed by atoms with Crippen molar-refractivity contribution in [2.45, 2.75) is 26.2 Å². The Morgan fingerprint density at radius 2 is 1.85 bits per heavy atom. The van der Waals surface area contributed by atoms with E-state index < -0.39 is 5.97 Å². The molecule has 2 fully saturated rings. The molecular weight excluding hydrogens is 258 g/mol. The molecule has 1 N–H and O–H groups in total. The standard InChI is InChI=1S/C14H25N3O3/c1-2-16(11-12-3-4-12)14(20)17-9-7-15(8-10-17)6-5-13(18)19/h12H,2-11H2,1H3,(H,18,19). The topological polar surface area (TPSA) is 64.1 Å². The fourth-order valence-electron chi connectivity index (χ4n) is 2.57. The molecule has 1 saturated heterocycles. The van der Waals surface area contributed by atoms with Gasteiger partial charge in [-0.05, 0) is 25.7 Å². The number of carbonyl (C=O) groups excluding carboxylic acids is 1. The maximum Gasteiger partial charge on any atom is 0.320 e. The van der Waals surface area contributed by atoms with Gasteiger partial charge >= 0.3 is 12.0 Å². The maximum atomic E-state index is 12.4. The zero-order valence-electron chi connectivity index (χ0n) is 12.3. The summed E-state index contributed by atoms with van der Waals surface area (Å²) >= 11 is 0. The lowest BCUT2D eigenvalue weighted by Crippen LogP contribution is -2.53. The van der Waals surface area contributed by atoms with Crippen LogP contribution in [-0.2, 0) is 4.79 Å². The molecule has 2 rings (SSSR count). The second-order valence-electron chi connectivity index (χ2n) is 5.74. The van der Waals surface area contributed by atoms with E-state index in [1.807, 2.05) is 16.7 Å². The van der Waals surface area contributed by atoms with E-state index in [-0.39, 0.29) is 12.5 Å². The number of carboxylic acids is 1. The molecule has 2 amide bonds. The Morgan fingerprint density at radius 1 is 1.20 bits per heavy atom. The van der Waals surface area contributed by atoms with E-state index >= 15 is 0 Å². The molecule has 0 atom stereocenters. The highest BCUT2D eigenvalue weighted by Gasteiger charge is 2.29. The predicted molar refractivity (Wildman–Crippen MR) is 75.6 cm³/mol. The highest BCUT2D eigenvalue weighted by Crippen LogP contribution is 2.30. The fraction of sp³-hybridized carbons (Fsp3) is 0.857. The van der Waals surface area contributed by atoms with Gasteiger partial charge in [0.15, 0.2) is 0 Å². The Morgan fingerprint density at radius 3 is 2.35 bits per heavy atom. The van der Waals surface area contributed by atoms with E-state index in [0.717, 1.165) is 32.1 Å². The molecule has 6 nitrogen and oxygen atoms in total. The largest absolute Gasteiger partial charge is 0.481 e. The van der Waals surface area contributed by atoms with E-state index in [0.29, 0.717) is 19.6 Å². The molecule has 0 aromatic heterocycles. The van der Waals surface area contributed by atoms with E-state index in [4.69, 9.17) is 5.11 Å². The van der Waals surface area contributed by atoms with Crippen LogP contribution in [0.15, 0.2) is 0 Å². The average Bonchev–Trinajstić information content (AvgIpc) is 3.26. The normalized spacial score (nSPS) is 19.9. The number of hydrogen-bond donors (Lipinski definition) is 1. The summed E-state index contributed by atoms with van der Waals surface area (Å²) in [6, 6.07) is 0.150. The first-order valence-electron chi connectivity index (χ1n) is 7.58. The van der Waals surface area contributed by atoms with Crippen LogP contribution in [0.2, 0.25) is 0 Å². The Hall–Kier alpha value is -1.30. The van der Waals surface area contributed by atoms with E-state index in [2.05, 4.69) is 4.90 Å². The van der Waals surface area contributed by atoms with Crippen molar-refractivity contribution in [2.24, 2.45) is 5.92 Å². The third-order valence-electron chi connectivity index (χ3n) is 4.11. The molecule has 0 radical (unpaired) electrons. The van der Waals surface area contributed by atoms with Gasteiger partial charge in [0.25, 0.3) is 0 Å². The first-order valence-corrected chi connectivity index (χ1v) is 7.58. The Kier molecular flexibility index (Phi) is 5.23. The lowest BCUT2D eigenvalue weighted by Gasteiger charge is -2.37. The summed E-state index contributed by atoms with van der Waals surface area (Å²) in [5, 5.41) is 8.68. The summed E-state index contributed by atoms with van der Waals surface area (Å²) in [7, 11) is 0. The average molecular weight is 283 g/mol. The van der Waals surface area contributed by atoms with Gasteiger partial charge in [0.1, 0.15) is 0 Å². The number of hydrogen-bond acceptors (Lipinski definition) is 3. The van der Waals surface area contributed by atoms with Gasteiger partial charge in [0, 0.05) is 45.8 Å². The lowest BCUT2D eigenvalue weighted by molar-refractivity contribution is -0.137. The molecule has 1 aliphatic heterocycles. The second kappa shape index (κ2) is 6.92. The van der Waals surface area contributed by atoms with Crippen molar-refractivity contribution >= 4 is 12.0 Å². The van der Waals surface area contributed by atoms with Gasteiger partial charge in [0.05, 0.1) is 6.42 Å². The summed E-state index contributed by atoms with van der Waals surface area (Å²) in [6.45, 7) is 7.25. The van der Waals surface area contributed by atoms with E-state index in [9.17, 15) is 9.59 Å². The number of urea groups is 1. The van der Waals surface area contributed by atoms with Crippen LogP contribution in [0.3, 0.4) is 0 Å². The van der Waals surface area contributed by atoms with Crippen LogP contribution < -0.4 is 0 Å². The SMILES string of the molecule is CCN(CC1CC1)C(=O)N1CCN(CCC(=O)O)CC1. The van der Waals surface area contributed by atoms with Crippen LogP contribution >= 0.6 is 0 Å². The number of rotatable bonds is 6. The van der Waals surface area contributed by atoms with Crippen LogP contribution in [-0.4, -0.2) is 77.6 Å². The molecule has 114 valence electrons. The Labute approximate surface area is 120 Å². The molecule has 0 spiro atoms. The maximum absolute atomic E-state index is 12.4. The van der Waals surface area contributed by atoms with Crippen LogP contribution in [0, 0.1) is 5.92 Å². The number of nitrogens with zero attached hydrogens (tertiary/aromatic N) is 3. The Balaban J connectivity index is 1.73. The van der Waals surface area contributed by atoms with Gasteiger partial charge in [-0.2, -0.15) is 0 Å². The number of aliphatic carboxylic acids is 1. The number of carboxylic acid groups (broad SMARTS) is 1. The minimum Gasteiger partial charge on any atom is -0.481 e. The number of amides is 2. The third-order valence-corrected chi connectivity index (χ3v) is 4.11. The van der Waals surface area contributed by atoms with Crippen LogP contribution in [0.4, 0.5) is 4.79 Å². The molecule has 6 heteroatoms. The molecule has 20 heavy (non-hydrogen) atoms. The monoisotopic (exact) mass is 283 g/mol. The van der Waals surface area contributed by atoms with Gasteiger partial charge < -0.3 is 14.9 Å². The summed E-state index contributed by atoms with van der Waals surface area (Å²) < 4.78 is 0. The minimum absolute atomic E-state index is 0.150. The molecule has 0 aromatic rings. The zero-order chi connectivity index (χ0) is 14.5. The van der Waals surface area contributed by atoms with Crippen molar-refractivity contribution in [3.8, 4) is 0 Å². The minimum atomic E-state index is -0.759. The van der Waals surface area contributed by atoms with Crippen LogP contribution in [0.1, 0.15) is 26.2 Å². The molecule has 0 bridgehead atoms. The van der Waals surface area contributed by atoms with Gasteiger partial charge in [0.2, 0.25) is 0 Å². The second-order valence-corrected chi connectivity index (χ2v) is 5.74. The summed E-state index contributed by atoms with van der Waals surface area (Å²) in [5.74, 6) is -0.0409. The third kappa shape index (κ3) is 4.37. The van der Waals surface area contributed by atoms with E-state index in [1.54, 1.807) is 0 Å². The van der Waals surface area contributed by atoms with Crippen molar-refractivity contribution < 1.29 is 14.7 Å². The van der Waals surface area contributed by atoms with Gasteiger partial charge in [-0.25, -0.2) is 4.79 Å². The van der Waals surface area contributed by atoms with Crippen molar-refractivity contribution in [3.05, 3.63) is 0 Å². The predicted octanol–water partition coefficient (Wildman–Crippen LogP) is 0.931. The first-order chi connectivity index (χ1) is 9.60. The van der Waals surface area contributed by atoms with Crippen molar-refractivity contribution in [1.29, 1.82) is 0 Å². The molecule has 0 unspecified atom stereocenters. The number of carbonyl (C=O) groups is 2. The van der Waals surface area contributed by atoms with Crippen molar-refractivity contribution in [2.75, 3.05) is 45.8 Å². The summed E-state index contributed by atoms with van der Waals surface area (Å²) in [4.78, 5) is 28.9. The molecular formula is C14H25N3O3. The number of piperazine rings is 1. The van der Waals surface area contributed by atoms with E-state index in [1.165, 1.54) is 12.8 Å². The van der Waals surface area contributed by atoms with Crippen LogP contribution in [0.5, 0.6) is 0 Å². The smallest absolute Gasteiger partial charge is 0.320 e. The lowest BCUT2D eigenvalue weighted by atomic mass is 10.3. The summed E-state index contributed by atoms with van der Waals surface area (Å²) in [6.07, 6.45) is 2.69. The van der Waals surface area contributed by atoms with Gasteiger partial charge in [-0.1, -0.05) is 0 Å². The van der Waals surface area contributed by atoms with Crippen molar-refractivity contribution in [1.82, 2.24) is 14.7 Å². The quantitative estimate of drug-likeness (QED) is 0.787.